The van der Waals surface area contributed by atoms with Crippen molar-refractivity contribution in [2.45, 2.75) is 12.8 Å². The predicted octanol–water partition coefficient (Wildman–Crippen LogP) is 1.42. The first-order chi connectivity index (χ1) is 5.91. The molecule has 4 heteroatoms. The van der Waals surface area contributed by atoms with Gasteiger partial charge in [-0.05, 0) is 25.9 Å². The zero-order chi connectivity index (χ0) is 9.07. The van der Waals surface area contributed by atoms with Crippen LogP contribution in [0, 0.1) is 0 Å². The lowest BCUT2D eigenvalue weighted by Crippen LogP contribution is -2.28. The monoisotopic (exact) mass is 212 g/mol. The van der Waals surface area contributed by atoms with Gasteiger partial charge in [-0.2, -0.15) is 0 Å². The van der Waals surface area contributed by atoms with Gasteiger partial charge in [-0.25, -0.2) is 0 Å². The highest BCUT2D eigenvalue weighted by atomic mass is 35.5. The summed E-state index contributed by atoms with van der Waals surface area (Å²) in [4.78, 5) is 0. The molecule has 2 N–H and O–H groups in total. The zero-order valence-electron chi connectivity index (χ0n) is 7.41. The molecule has 0 aromatic rings. The lowest BCUT2D eigenvalue weighted by molar-refractivity contribution is 0.604. The van der Waals surface area contributed by atoms with Crippen LogP contribution in [0.5, 0.6) is 0 Å². The van der Waals surface area contributed by atoms with Crippen molar-refractivity contribution in [2.75, 3.05) is 37.9 Å². The lowest BCUT2D eigenvalue weighted by atomic mass is 10.4. The van der Waals surface area contributed by atoms with E-state index in [1.165, 1.54) is 0 Å². The Hall–Kier alpha value is 0.500. The van der Waals surface area contributed by atoms with Crippen LogP contribution in [0.2, 0.25) is 0 Å². The predicted molar refractivity (Wildman–Crippen MR) is 56.4 cm³/mol. The first-order valence-corrected chi connectivity index (χ1v) is 5.52. The van der Waals surface area contributed by atoms with E-state index in [9.17, 15) is 0 Å². The molecule has 0 aromatic carbocycles. The molecular weight excluding hydrogens is 195 g/mol. The Labute approximate surface area is 85.0 Å². The molecule has 12 heavy (non-hydrogen) atoms. The molecule has 0 aliphatic rings. The van der Waals surface area contributed by atoms with Gasteiger partial charge >= 0.3 is 0 Å². The number of rotatable bonds is 9. The topological polar surface area (TPSA) is 24.1 Å². The normalized spacial score (nSPS) is 10.5. The van der Waals surface area contributed by atoms with Gasteiger partial charge in [-0.15, -0.1) is 23.2 Å². The Morgan fingerprint density at radius 3 is 1.42 bits per heavy atom. The van der Waals surface area contributed by atoms with Crippen molar-refractivity contribution in [2.24, 2.45) is 0 Å². The van der Waals surface area contributed by atoms with Gasteiger partial charge in [0, 0.05) is 24.8 Å². The largest absolute Gasteiger partial charge is 0.315 e. The smallest absolute Gasteiger partial charge is 0.0235 e. The maximum absolute atomic E-state index is 5.51. The molecule has 0 aromatic heterocycles. The highest BCUT2D eigenvalue weighted by molar-refractivity contribution is 6.18. The van der Waals surface area contributed by atoms with Crippen LogP contribution in [0.25, 0.3) is 0 Å². The van der Waals surface area contributed by atoms with Crippen LogP contribution in [0.15, 0.2) is 0 Å². The van der Waals surface area contributed by atoms with Gasteiger partial charge in [0.2, 0.25) is 0 Å². The van der Waals surface area contributed by atoms with Crippen molar-refractivity contribution in [1.29, 1.82) is 0 Å². The van der Waals surface area contributed by atoms with Gasteiger partial charge in [-0.3, -0.25) is 0 Å². The molecule has 0 unspecified atom stereocenters. The van der Waals surface area contributed by atoms with E-state index in [0.29, 0.717) is 0 Å². The van der Waals surface area contributed by atoms with Crippen LogP contribution < -0.4 is 10.6 Å². The molecule has 0 saturated heterocycles. The summed E-state index contributed by atoms with van der Waals surface area (Å²) in [5.74, 6) is 1.49. The van der Waals surface area contributed by atoms with Gasteiger partial charge in [0.05, 0.1) is 0 Å². The fourth-order valence-electron chi connectivity index (χ4n) is 0.810. The Kier molecular flexibility index (Phi) is 12.0. The average molecular weight is 213 g/mol. The van der Waals surface area contributed by atoms with E-state index in [4.69, 9.17) is 23.2 Å². The first kappa shape index (κ1) is 12.5. The third-order valence-corrected chi connectivity index (χ3v) is 1.99. The minimum absolute atomic E-state index is 0.743. The number of hydrogen-bond donors (Lipinski definition) is 2. The highest BCUT2D eigenvalue weighted by Gasteiger charge is 1.87. The second-order valence-electron chi connectivity index (χ2n) is 2.59. The van der Waals surface area contributed by atoms with E-state index >= 15 is 0 Å². The minimum atomic E-state index is 0.743. The molecule has 0 saturated carbocycles. The summed E-state index contributed by atoms with van der Waals surface area (Å²) in [7, 11) is 0. The van der Waals surface area contributed by atoms with Crippen LogP contribution in [0.3, 0.4) is 0 Å². The third kappa shape index (κ3) is 10.5. The van der Waals surface area contributed by atoms with E-state index < -0.39 is 0 Å². The molecule has 0 rings (SSSR count). The molecule has 0 spiro atoms. The molecule has 0 bridgehead atoms. The Bertz CT molecular complexity index is 71.5. The van der Waals surface area contributed by atoms with Gasteiger partial charge in [0.1, 0.15) is 0 Å². The molecule has 0 radical (unpaired) electrons. The van der Waals surface area contributed by atoms with E-state index in [0.717, 1.165) is 50.8 Å². The second-order valence-corrected chi connectivity index (χ2v) is 3.34. The molecule has 0 fully saturated rings. The van der Waals surface area contributed by atoms with Gasteiger partial charge < -0.3 is 10.6 Å². The SMILES string of the molecule is ClCCCNCCNCCCCl. The number of halogens is 2. The lowest BCUT2D eigenvalue weighted by Gasteiger charge is -2.04. The fraction of sp³-hybridized carbons (Fsp3) is 1.00. The second kappa shape index (κ2) is 11.5. The summed E-state index contributed by atoms with van der Waals surface area (Å²) in [6.45, 7) is 4.06. The molecule has 0 aliphatic carbocycles. The number of hydrogen-bond acceptors (Lipinski definition) is 2. The summed E-state index contributed by atoms with van der Waals surface area (Å²) >= 11 is 11.0. The molecule has 0 amide bonds. The fourth-order valence-corrected chi connectivity index (χ4v) is 1.08. The molecule has 0 aliphatic heterocycles. The molecule has 0 heterocycles. The van der Waals surface area contributed by atoms with Crippen LogP contribution in [-0.2, 0) is 0 Å². The van der Waals surface area contributed by atoms with Crippen LogP contribution >= 0.6 is 23.2 Å². The van der Waals surface area contributed by atoms with Crippen molar-refractivity contribution in [3.8, 4) is 0 Å². The average Bonchev–Trinajstić information content (AvgIpc) is 2.10. The number of alkyl halides is 2. The third-order valence-electron chi connectivity index (χ3n) is 1.45. The molecule has 74 valence electrons. The summed E-state index contributed by atoms with van der Waals surface area (Å²) in [5.41, 5.74) is 0. The van der Waals surface area contributed by atoms with Crippen molar-refractivity contribution in [3.05, 3.63) is 0 Å². The highest BCUT2D eigenvalue weighted by Crippen LogP contribution is 1.81. The van der Waals surface area contributed by atoms with Crippen molar-refractivity contribution >= 4 is 23.2 Å². The molecule has 2 nitrogen and oxygen atoms in total. The first-order valence-electron chi connectivity index (χ1n) is 4.45. The Morgan fingerprint density at radius 1 is 0.667 bits per heavy atom. The Balaban J connectivity index is 2.73. The Morgan fingerprint density at radius 2 is 1.08 bits per heavy atom. The summed E-state index contributed by atoms with van der Waals surface area (Å²) in [6, 6.07) is 0. The zero-order valence-corrected chi connectivity index (χ0v) is 8.92. The molecular formula is C8H18Cl2N2. The van der Waals surface area contributed by atoms with Crippen molar-refractivity contribution in [1.82, 2.24) is 10.6 Å². The number of nitrogens with one attached hydrogen (secondary N) is 2. The van der Waals surface area contributed by atoms with Gasteiger partial charge in [0.25, 0.3) is 0 Å². The van der Waals surface area contributed by atoms with E-state index in [-0.39, 0.29) is 0 Å². The molecule has 0 atom stereocenters. The van der Waals surface area contributed by atoms with Crippen LogP contribution in [-0.4, -0.2) is 37.9 Å². The minimum Gasteiger partial charge on any atom is -0.315 e. The summed E-state index contributed by atoms with van der Waals surface area (Å²) < 4.78 is 0. The maximum Gasteiger partial charge on any atom is 0.0235 e. The van der Waals surface area contributed by atoms with Crippen LogP contribution in [0.1, 0.15) is 12.8 Å². The van der Waals surface area contributed by atoms with E-state index in [1.807, 2.05) is 0 Å². The standard InChI is InChI=1S/C8H18Cl2N2/c9-3-1-5-11-7-8-12-6-2-4-10/h11-12H,1-8H2. The van der Waals surface area contributed by atoms with Gasteiger partial charge in [-0.1, -0.05) is 0 Å². The quantitative estimate of drug-likeness (QED) is 0.447. The van der Waals surface area contributed by atoms with E-state index in [2.05, 4.69) is 10.6 Å². The van der Waals surface area contributed by atoms with Crippen molar-refractivity contribution < 1.29 is 0 Å². The summed E-state index contributed by atoms with van der Waals surface area (Å²) in [6.07, 6.45) is 2.09. The van der Waals surface area contributed by atoms with Gasteiger partial charge in [0.15, 0.2) is 0 Å². The summed E-state index contributed by atoms with van der Waals surface area (Å²) in [5, 5.41) is 6.57. The maximum atomic E-state index is 5.51. The van der Waals surface area contributed by atoms with Crippen LogP contribution in [0.4, 0.5) is 0 Å². The van der Waals surface area contributed by atoms with E-state index in [1.54, 1.807) is 0 Å². The van der Waals surface area contributed by atoms with Crippen molar-refractivity contribution in [3.63, 3.8) is 0 Å².